The molecule has 0 saturated heterocycles. The van der Waals surface area contributed by atoms with Crippen molar-refractivity contribution in [3.05, 3.63) is 0 Å². The number of esters is 1. The number of carbonyl (C=O) groups is 2. The molecule has 0 saturated carbocycles. The van der Waals surface area contributed by atoms with Crippen molar-refractivity contribution in [1.82, 2.24) is 10.6 Å². The summed E-state index contributed by atoms with van der Waals surface area (Å²) < 4.78 is 4.64. The lowest BCUT2D eigenvalue weighted by molar-refractivity contribution is -0.145. The number of rotatable bonds is 6. The third-order valence-corrected chi connectivity index (χ3v) is 2.48. The molecule has 0 radical (unpaired) electrons. The van der Waals surface area contributed by atoms with E-state index in [1.54, 1.807) is 14.0 Å². The third kappa shape index (κ3) is 5.11. The van der Waals surface area contributed by atoms with Gasteiger partial charge in [-0.15, -0.1) is 0 Å². The van der Waals surface area contributed by atoms with E-state index in [0.717, 1.165) is 0 Å². The minimum Gasteiger partial charge on any atom is -0.469 e. The summed E-state index contributed by atoms with van der Waals surface area (Å²) in [5, 5.41) is 5.68. The van der Waals surface area contributed by atoms with E-state index in [0.29, 0.717) is 6.42 Å². The van der Waals surface area contributed by atoms with Gasteiger partial charge in [0, 0.05) is 13.1 Å². The van der Waals surface area contributed by atoms with Crippen LogP contribution >= 0.6 is 0 Å². The van der Waals surface area contributed by atoms with Crippen molar-refractivity contribution >= 4 is 11.9 Å². The Morgan fingerprint density at radius 2 is 1.81 bits per heavy atom. The zero-order valence-corrected chi connectivity index (χ0v) is 10.7. The molecular weight excluding hydrogens is 208 g/mol. The highest BCUT2D eigenvalue weighted by molar-refractivity contribution is 5.81. The molecular formula is C11H22N2O3. The van der Waals surface area contributed by atoms with Crippen LogP contribution in [0.5, 0.6) is 0 Å². The molecule has 0 aromatic rings. The first-order chi connectivity index (χ1) is 7.42. The Hall–Kier alpha value is -1.10. The predicted molar refractivity (Wildman–Crippen MR) is 61.9 cm³/mol. The van der Waals surface area contributed by atoms with Crippen molar-refractivity contribution in [2.45, 2.75) is 39.3 Å². The highest BCUT2D eigenvalue weighted by atomic mass is 16.5. The summed E-state index contributed by atoms with van der Waals surface area (Å²) in [6, 6.07) is -0.175. The first kappa shape index (κ1) is 14.9. The summed E-state index contributed by atoms with van der Waals surface area (Å²) in [4.78, 5) is 22.5. The summed E-state index contributed by atoms with van der Waals surface area (Å²) in [5.41, 5.74) is 0. The average molecular weight is 230 g/mol. The van der Waals surface area contributed by atoms with Gasteiger partial charge in [-0.25, -0.2) is 0 Å². The maximum atomic E-state index is 11.3. The van der Waals surface area contributed by atoms with Gasteiger partial charge in [0.05, 0.1) is 19.1 Å². The van der Waals surface area contributed by atoms with Crippen molar-refractivity contribution in [1.29, 1.82) is 0 Å². The van der Waals surface area contributed by atoms with Gasteiger partial charge >= 0.3 is 5.97 Å². The normalized spacial score (nSPS) is 16.1. The number of hydrogen-bond acceptors (Lipinski definition) is 4. The SMILES string of the molecule is CNC(=O)[C@@H](C)NC(C)CC(C)C(=O)OC. The van der Waals surface area contributed by atoms with E-state index in [2.05, 4.69) is 15.4 Å². The minimum absolute atomic E-state index is 0.0578. The molecule has 3 atom stereocenters. The van der Waals surface area contributed by atoms with Crippen molar-refractivity contribution in [3.63, 3.8) is 0 Å². The minimum atomic E-state index is -0.259. The van der Waals surface area contributed by atoms with Gasteiger partial charge in [-0.3, -0.25) is 9.59 Å². The number of nitrogens with one attached hydrogen (secondary N) is 2. The molecule has 0 aliphatic carbocycles. The second-order valence-electron chi connectivity index (χ2n) is 4.06. The molecule has 0 bridgehead atoms. The number of ether oxygens (including phenoxy) is 1. The Bertz CT molecular complexity index is 219. The highest BCUT2D eigenvalue weighted by Crippen LogP contribution is 2.08. The molecule has 0 aliphatic heterocycles. The van der Waals surface area contributed by atoms with Gasteiger partial charge in [0.2, 0.25) is 5.91 Å². The number of carbonyl (C=O) groups excluding carboxylic acids is 2. The van der Waals surface area contributed by atoms with E-state index in [1.165, 1.54) is 7.11 Å². The van der Waals surface area contributed by atoms with E-state index in [9.17, 15) is 9.59 Å². The lowest BCUT2D eigenvalue weighted by Gasteiger charge is -2.20. The Morgan fingerprint density at radius 3 is 2.25 bits per heavy atom. The summed E-state index contributed by atoms with van der Waals surface area (Å²) >= 11 is 0. The topological polar surface area (TPSA) is 67.4 Å². The van der Waals surface area contributed by atoms with Crippen molar-refractivity contribution in [3.8, 4) is 0 Å². The van der Waals surface area contributed by atoms with E-state index in [4.69, 9.17) is 0 Å². The molecule has 0 aliphatic rings. The van der Waals surface area contributed by atoms with Gasteiger partial charge < -0.3 is 15.4 Å². The zero-order chi connectivity index (χ0) is 12.7. The van der Waals surface area contributed by atoms with Crippen LogP contribution in [0.2, 0.25) is 0 Å². The van der Waals surface area contributed by atoms with Crippen LogP contribution in [0.1, 0.15) is 27.2 Å². The molecule has 0 spiro atoms. The van der Waals surface area contributed by atoms with Crippen LogP contribution in [0.25, 0.3) is 0 Å². The van der Waals surface area contributed by atoms with Gasteiger partial charge in [0.15, 0.2) is 0 Å². The third-order valence-electron chi connectivity index (χ3n) is 2.48. The van der Waals surface area contributed by atoms with Crippen molar-refractivity contribution in [2.24, 2.45) is 5.92 Å². The van der Waals surface area contributed by atoms with Gasteiger partial charge in [0.1, 0.15) is 0 Å². The Balaban J connectivity index is 4.03. The number of methoxy groups -OCH3 is 1. The van der Waals surface area contributed by atoms with Crippen LogP contribution in [-0.4, -0.2) is 38.1 Å². The van der Waals surface area contributed by atoms with Crippen molar-refractivity contribution in [2.75, 3.05) is 14.2 Å². The fraction of sp³-hybridized carbons (Fsp3) is 0.818. The largest absolute Gasteiger partial charge is 0.469 e. The smallest absolute Gasteiger partial charge is 0.308 e. The molecule has 5 heteroatoms. The molecule has 2 unspecified atom stereocenters. The van der Waals surface area contributed by atoms with Crippen LogP contribution in [0.15, 0.2) is 0 Å². The highest BCUT2D eigenvalue weighted by Gasteiger charge is 2.19. The maximum Gasteiger partial charge on any atom is 0.308 e. The number of likely N-dealkylation sites (N-methyl/N-ethyl adjacent to an activating group) is 1. The quantitative estimate of drug-likeness (QED) is 0.644. The van der Waals surface area contributed by atoms with Crippen LogP contribution < -0.4 is 10.6 Å². The van der Waals surface area contributed by atoms with Gasteiger partial charge in [-0.05, 0) is 20.3 Å². The Kier molecular flexibility index (Phi) is 6.72. The van der Waals surface area contributed by atoms with E-state index in [1.807, 2.05) is 13.8 Å². The summed E-state index contributed by atoms with van der Waals surface area (Å²) in [7, 11) is 2.98. The lowest BCUT2D eigenvalue weighted by Crippen LogP contribution is -2.45. The van der Waals surface area contributed by atoms with E-state index in [-0.39, 0.29) is 29.9 Å². The summed E-state index contributed by atoms with van der Waals surface area (Å²) in [6.45, 7) is 5.55. The lowest BCUT2D eigenvalue weighted by atomic mass is 10.0. The molecule has 5 nitrogen and oxygen atoms in total. The standard InChI is InChI=1S/C11H22N2O3/c1-7(11(15)16-5)6-8(2)13-9(3)10(14)12-4/h7-9,13H,6H2,1-5H3,(H,12,14)/t7?,8?,9-/m1/s1. The van der Waals surface area contributed by atoms with E-state index < -0.39 is 0 Å². The summed E-state index contributed by atoms with van der Waals surface area (Å²) in [6.07, 6.45) is 0.647. The monoisotopic (exact) mass is 230 g/mol. The average Bonchev–Trinajstić information content (AvgIpc) is 2.26. The molecule has 0 aromatic heterocycles. The molecule has 0 rings (SSSR count). The maximum absolute atomic E-state index is 11.3. The number of hydrogen-bond donors (Lipinski definition) is 2. The molecule has 0 aromatic carbocycles. The second kappa shape index (κ2) is 7.22. The molecule has 0 fully saturated rings. The fourth-order valence-corrected chi connectivity index (χ4v) is 1.61. The van der Waals surface area contributed by atoms with Crippen LogP contribution in [0.3, 0.4) is 0 Å². The van der Waals surface area contributed by atoms with Crippen LogP contribution in [0, 0.1) is 5.92 Å². The first-order valence-electron chi connectivity index (χ1n) is 5.47. The predicted octanol–water partition coefficient (Wildman–Crippen LogP) is 0.298. The van der Waals surface area contributed by atoms with Crippen molar-refractivity contribution < 1.29 is 14.3 Å². The van der Waals surface area contributed by atoms with Crippen LogP contribution in [-0.2, 0) is 14.3 Å². The molecule has 1 amide bonds. The van der Waals surface area contributed by atoms with E-state index >= 15 is 0 Å². The molecule has 0 heterocycles. The zero-order valence-electron chi connectivity index (χ0n) is 10.7. The Morgan fingerprint density at radius 1 is 1.25 bits per heavy atom. The summed E-state index contributed by atoms with van der Waals surface area (Å²) in [5.74, 6) is -0.441. The molecule has 94 valence electrons. The fourth-order valence-electron chi connectivity index (χ4n) is 1.61. The van der Waals surface area contributed by atoms with Gasteiger partial charge in [-0.2, -0.15) is 0 Å². The second-order valence-corrected chi connectivity index (χ2v) is 4.06. The van der Waals surface area contributed by atoms with Gasteiger partial charge in [-0.1, -0.05) is 6.92 Å². The first-order valence-corrected chi connectivity index (χ1v) is 5.47. The Labute approximate surface area is 96.9 Å². The number of amides is 1. The van der Waals surface area contributed by atoms with Crippen LogP contribution in [0.4, 0.5) is 0 Å². The van der Waals surface area contributed by atoms with Gasteiger partial charge in [0.25, 0.3) is 0 Å². The molecule has 16 heavy (non-hydrogen) atoms. The molecule has 2 N–H and O–H groups in total.